The monoisotopic (exact) mass is 320 g/mol. The highest BCUT2D eigenvalue weighted by Crippen LogP contribution is 2.29. The lowest BCUT2D eigenvalue weighted by atomic mass is 10.2. The van der Waals surface area contributed by atoms with Crippen molar-refractivity contribution in [1.29, 1.82) is 0 Å². The minimum absolute atomic E-state index is 0.264. The zero-order chi connectivity index (χ0) is 16.7. The van der Waals surface area contributed by atoms with Crippen LogP contribution in [-0.2, 0) is 30.3 Å². The van der Waals surface area contributed by atoms with Gasteiger partial charge in [-0.2, -0.15) is 0 Å². The Morgan fingerprint density at radius 1 is 1.26 bits per heavy atom. The Hall–Kier alpha value is -1.69. The Labute approximate surface area is 137 Å². The van der Waals surface area contributed by atoms with E-state index in [0.29, 0.717) is 19.8 Å². The Morgan fingerprint density at radius 2 is 2.00 bits per heavy atom. The van der Waals surface area contributed by atoms with E-state index in [1.807, 2.05) is 44.2 Å². The molecule has 23 heavy (non-hydrogen) atoms. The van der Waals surface area contributed by atoms with Gasteiger partial charge in [0, 0.05) is 6.08 Å². The van der Waals surface area contributed by atoms with Gasteiger partial charge in [-0.05, 0) is 32.4 Å². The third-order valence-electron chi connectivity index (χ3n) is 3.32. The molecule has 0 radical (unpaired) electrons. The van der Waals surface area contributed by atoms with Crippen molar-refractivity contribution in [3.8, 4) is 0 Å². The lowest BCUT2D eigenvalue weighted by Crippen LogP contribution is -2.26. The van der Waals surface area contributed by atoms with Crippen LogP contribution in [0.4, 0.5) is 0 Å². The summed E-state index contributed by atoms with van der Waals surface area (Å²) in [6.45, 7) is 6.70. The average molecular weight is 320 g/mol. The molecule has 1 saturated heterocycles. The van der Waals surface area contributed by atoms with Crippen molar-refractivity contribution in [3.05, 3.63) is 48.0 Å². The number of ether oxygens (including phenoxy) is 4. The molecule has 0 saturated carbocycles. The molecule has 0 aliphatic carbocycles. The second kappa shape index (κ2) is 8.24. The van der Waals surface area contributed by atoms with Crippen LogP contribution in [0.15, 0.2) is 42.5 Å². The Bertz CT molecular complexity index is 523. The first-order valence-electron chi connectivity index (χ1n) is 7.82. The van der Waals surface area contributed by atoms with E-state index in [1.54, 1.807) is 13.0 Å². The summed E-state index contributed by atoms with van der Waals surface area (Å²) in [6, 6.07) is 9.93. The highest BCUT2D eigenvalue weighted by molar-refractivity contribution is 5.81. The molecule has 126 valence electrons. The van der Waals surface area contributed by atoms with Crippen LogP contribution in [0.25, 0.3) is 0 Å². The van der Waals surface area contributed by atoms with Gasteiger partial charge in [0.1, 0.15) is 12.2 Å². The van der Waals surface area contributed by atoms with Crippen LogP contribution in [0, 0.1) is 0 Å². The number of carbonyl (C=O) groups excluding carboxylic acids is 1. The van der Waals surface area contributed by atoms with E-state index in [4.69, 9.17) is 18.9 Å². The number of hydrogen-bond donors (Lipinski definition) is 0. The minimum Gasteiger partial charge on any atom is -0.463 e. The van der Waals surface area contributed by atoms with Crippen molar-refractivity contribution in [2.45, 2.75) is 45.4 Å². The summed E-state index contributed by atoms with van der Waals surface area (Å²) in [6.07, 6.45) is 2.44. The van der Waals surface area contributed by atoms with E-state index >= 15 is 0 Å². The summed E-state index contributed by atoms with van der Waals surface area (Å²) in [5.74, 6) is -1.09. The molecule has 0 amide bonds. The molecule has 0 unspecified atom stereocenters. The fraction of sp³-hybridized carbons (Fsp3) is 0.500. The van der Waals surface area contributed by atoms with Crippen LogP contribution < -0.4 is 0 Å². The maximum atomic E-state index is 11.4. The number of hydrogen-bond acceptors (Lipinski definition) is 5. The lowest BCUT2D eigenvalue weighted by Gasteiger charge is -2.16. The zero-order valence-electron chi connectivity index (χ0n) is 13.9. The molecule has 0 bridgehead atoms. The van der Waals surface area contributed by atoms with Crippen LogP contribution in [0.5, 0.6) is 0 Å². The Kier molecular flexibility index (Phi) is 6.33. The maximum Gasteiger partial charge on any atom is 0.330 e. The van der Waals surface area contributed by atoms with Gasteiger partial charge in [0.15, 0.2) is 5.79 Å². The highest BCUT2D eigenvalue weighted by atomic mass is 16.8. The van der Waals surface area contributed by atoms with Crippen LogP contribution in [0.3, 0.4) is 0 Å². The predicted octanol–water partition coefficient (Wildman–Crippen LogP) is 2.84. The molecule has 1 aliphatic heterocycles. The number of carbonyl (C=O) groups is 1. The molecule has 5 nitrogen and oxygen atoms in total. The molecule has 2 rings (SSSR count). The molecule has 1 aromatic carbocycles. The van der Waals surface area contributed by atoms with Gasteiger partial charge in [-0.25, -0.2) is 4.79 Å². The average Bonchev–Trinajstić information content (AvgIpc) is 2.81. The van der Waals surface area contributed by atoms with E-state index in [1.165, 1.54) is 6.08 Å². The molecular weight excluding hydrogens is 296 g/mol. The second-order valence-electron chi connectivity index (χ2n) is 5.75. The van der Waals surface area contributed by atoms with Gasteiger partial charge in [0.2, 0.25) is 0 Å². The van der Waals surface area contributed by atoms with E-state index in [9.17, 15) is 4.79 Å². The van der Waals surface area contributed by atoms with Crippen LogP contribution in [0.2, 0.25) is 0 Å². The first-order chi connectivity index (χ1) is 11.0. The fourth-order valence-electron chi connectivity index (χ4n) is 2.39. The molecule has 2 atom stereocenters. The summed E-state index contributed by atoms with van der Waals surface area (Å²) in [5.41, 5.74) is 1.10. The van der Waals surface area contributed by atoms with Gasteiger partial charge in [0.25, 0.3) is 0 Å². The highest BCUT2D eigenvalue weighted by Gasteiger charge is 2.40. The molecule has 1 aromatic rings. The third kappa shape index (κ3) is 5.78. The van der Waals surface area contributed by atoms with Gasteiger partial charge in [-0.15, -0.1) is 0 Å². The van der Waals surface area contributed by atoms with Crippen molar-refractivity contribution in [2.24, 2.45) is 0 Å². The molecule has 0 N–H and O–H groups in total. The molecular formula is C18H24O5. The molecule has 1 fully saturated rings. The van der Waals surface area contributed by atoms with Crippen molar-refractivity contribution in [2.75, 3.05) is 13.2 Å². The summed E-state index contributed by atoms with van der Waals surface area (Å²) >= 11 is 0. The fourth-order valence-corrected chi connectivity index (χ4v) is 2.39. The Balaban J connectivity index is 1.88. The van der Waals surface area contributed by atoms with Crippen LogP contribution in [0.1, 0.15) is 26.3 Å². The van der Waals surface area contributed by atoms with E-state index in [2.05, 4.69) is 0 Å². The van der Waals surface area contributed by atoms with E-state index in [-0.39, 0.29) is 18.2 Å². The number of rotatable bonds is 7. The topological polar surface area (TPSA) is 54.0 Å². The van der Waals surface area contributed by atoms with Crippen molar-refractivity contribution in [3.63, 3.8) is 0 Å². The zero-order valence-corrected chi connectivity index (χ0v) is 13.9. The first kappa shape index (κ1) is 17.7. The molecule has 0 aromatic heterocycles. The first-order valence-corrected chi connectivity index (χ1v) is 7.82. The maximum absolute atomic E-state index is 11.4. The van der Waals surface area contributed by atoms with Gasteiger partial charge in [-0.3, -0.25) is 0 Å². The van der Waals surface area contributed by atoms with Crippen LogP contribution >= 0.6 is 0 Å². The standard InChI is InChI=1S/C18H24O5/c1-4-21-17(19)11-10-15-16(23-18(2,3)22-15)13-20-12-14-8-6-5-7-9-14/h5-11,15-16H,4,12-13H2,1-3H3/b11-10+/t15-,16-/m1/s1. The van der Waals surface area contributed by atoms with Gasteiger partial charge < -0.3 is 18.9 Å². The quantitative estimate of drug-likeness (QED) is 0.571. The second-order valence-corrected chi connectivity index (χ2v) is 5.75. The number of esters is 1. The SMILES string of the molecule is CCOC(=O)/C=C/[C@H]1OC(C)(C)O[C@@H]1COCc1ccccc1. The molecule has 1 aliphatic rings. The minimum atomic E-state index is -0.704. The Morgan fingerprint density at radius 3 is 2.70 bits per heavy atom. The van der Waals surface area contributed by atoms with Crippen molar-refractivity contribution >= 4 is 5.97 Å². The summed E-state index contributed by atoms with van der Waals surface area (Å²) in [4.78, 5) is 11.4. The predicted molar refractivity (Wildman–Crippen MR) is 85.7 cm³/mol. The van der Waals surface area contributed by atoms with E-state index in [0.717, 1.165) is 5.56 Å². The van der Waals surface area contributed by atoms with Crippen molar-refractivity contribution < 1.29 is 23.7 Å². The van der Waals surface area contributed by atoms with Gasteiger partial charge in [0.05, 0.1) is 19.8 Å². The molecule has 1 heterocycles. The third-order valence-corrected chi connectivity index (χ3v) is 3.32. The molecule has 5 heteroatoms. The summed E-state index contributed by atoms with van der Waals surface area (Å²) < 4.78 is 22.2. The normalized spacial score (nSPS) is 23.3. The smallest absolute Gasteiger partial charge is 0.330 e. The van der Waals surface area contributed by atoms with Gasteiger partial charge in [-0.1, -0.05) is 30.3 Å². The van der Waals surface area contributed by atoms with Crippen molar-refractivity contribution in [1.82, 2.24) is 0 Å². The van der Waals surface area contributed by atoms with Gasteiger partial charge >= 0.3 is 5.97 Å². The van der Waals surface area contributed by atoms with E-state index < -0.39 is 5.79 Å². The summed E-state index contributed by atoms with van der Waals surface area (Å²) in [7, 11) is 0. The summed E-state index contributed by atoms with van der Waals surface area (Å²) in [5, 5.41) is 0. The largest absolute Gasteiger partial charge is 0.463 e. The molecule has 0 spiro atoms. The number of benzene rings is 1. The van der Waals surface area contributed by atoms with Crippen LogP contribution in [-0.4, -0.2) is 37.2 Å². The lowest BCUT2D eigenvalue weighted by molar-refractivity contribution is -0.149.